The second kappa shape index (κ2) is 9.16. The number of likely N-dealkylation sites (tertiary alicyclic amines) is 1. The second-order valence-electron chi connectivity index (χ2n) is 8.09. The van der Waals surface area contributed by atoms with E-state index in [0.29, 0.717) is 50.9 Å². The lowest BCUT2D eigenvalue weighted by atomic mass is 9.88. The van der Waals surface area contributed by atoms with Crippen LogP contribution in [0.15, 0.2) is 18.2 Å². The summed E-state index contributed by atoms with van der Waals surface area (Å²) in [6.07, 6.45) is -1.90. The van der Waals surface area contributed by atoms with Gasteiger partial charge in [-0.3, -0.25) is 24.6 Å². The predicted octanol–water partition coefficient (Wildman–Crippen LogP) is 2.83. The summed E-state index contributed by atoms with van der Waals surface area (Å²) in [5.74, 6) is -0.270. The lowest BCUT2D eigenvalue weighted by Gasteiger charge is -2.32. The molecule has 0 spiro atoms. The third kappa shape index (κ3) is 5.38. The van der Waals surface area contributed by atoms with Crippen LogP contribution in [0, 0.1) is 0 Å². The van der Waals surface area contributed by atoms with Crippen LogP contribution in [-0.4, -0.2) is 59.9 Å². The molecule has 0 saturated carbocycles. The largest absolute Gasteiger partial charge is 0.401 e. The number of halogens is 3. The topological polar surface area (TPSA) is 69.7 Å². The van der Waals surface area contributed by atoms with Crippen molar-refractivity contribution in [2.75, 3.05) is 19.6 Å². The number of imide groups is 1. The minimum absolute atomic E-state index is 0.0835. The van der Waals surface area contributed by atoms with Gasteiger partial charge in [0.25, 0.3) is 5.91 Å². The SMILES string of the molecule is CC(CCC(=O)NC=O)N1Cc2cc(C3CCN(CC(F)(F)F)CC3)ccc2C1=O. The smallest absolute Gasteiger partial charge is 0.332 e. The first-order chi connectivity index (χ1) is 14.2. The molecule has 9 heteroatoms. The van der Waals surface area contributed by atoms with Gasteiger partial charge in [-0.05, 0) is 62.4 Å². The normalized spacial score (nSPS) is 18.9. The van der Waals surface area contributed by atoms with Gasteiger partial charge in [-0.25, -0.2) is 0 Å². The lowest BCUT2D eigenvalue weighted by molar-refractivity contribution is -0.148. The first-order valence-corrected chi connectivity index (χ1v) is 10.1. The number of rotatable bonds is 7. The molecule has 1 fully saturated rings. The van der Waals surface area contributed by atoms with Crippen molar-refractivity contribution in [3.8, 4) is 0 Å². The summed E-state index contributed by atoms with van der Waals surface area (Å²) in [6, 6.07) is 5.56. The number of amides is 3. The second-order valence-corrected chi connectivity index (χ2v) is 8.09. The van der Waals surface area contributed by atoms with Crippen molar-refractivity contribution in [2.45, 2.75) is 57.3 Å². The van der Waals surface area contributed by atoms with Gasteiger partial charge in [0, 0.05) is 24.6 Å². The van der Waals surface area contributed by atoms with Crippen LogP contribution in [0.4, 0.5) is 13.2 Å². The Morgan fingerprint density at radius 2 is 2.00 bits per heavy atom. The fourth-order valence-corrected chi connectivity index (χ4v) is 4.28. The fraction of sp³-hybridized carbons (Fsp3) is 0.571. The highest BCUT2D eigenvalue weighted by Gasteiger charge is 2.34. The van der Waals surface area contributed by atoms with E-state index in [-0.39, 0.29) is 30.2 Å². The van der Waals surface area contributed by atoms with Crippen molar-refractivity contribution >= 4 is 18.2 Å². The van der Waals surface area contributed by atoms with E-state index >= 15 is 0 Å². The summed E-state index contributed by atoms with van der Waals surface area (Å²) in [4.78, 5) is 37.7. The third-order valence-electron chi connectivity index (χ3n) is 5.96. The van der Waals surface area contributed by atoms with Crippen LogP contribution in [0.3, 0.4) is 0 Å². The van der Waals surface area contributed by atoms with Crippen molar-refractivity contribution in [3.63, 3.8) is 0 Å². The number of fused-ring (bicyclic) bond motifs is 1. The molecule has 0 bridgehead atoms. The van der Waals surface area contributed by atoms with E-state index in [4.69, 9.17) is 0 Å². The highest BCUT2D eigenvalue weighted by atomic mass is 19.4. The van der Waals surface area contributed by atoms with E-state index in [9.17, 15) is 27.6 Å². The highest BCUT2D eigenvalue weighted by molar-refractivity contribution is 5.98. The monoisotopic (exact) mass is 425 g/mol. The van der Waals surface area contributed by atoms with Crippen molar-refractivity contribution < 1.29 is 27.6 Å². The van der Waals surface area contributed by atoms with E-state index < -0.39 is 12.7 Å². The van der Waals surface area contributed by atoms with Crippen molar-refractivity contribution in [1.29, 1.82) is 0 Å². The molecule has 1 unspecified atom stereocenters. The Morgan fingerprint density at radius 3 is 2.63 bits per heavy atom. The van der Waals surface area contributed by atoms with Crippen molar-refractivity contribution in [1.82, 2.24) is 15.1 Å². The van der Waals surface area contributed by atoms with Crippen LogP contribution < -0.4 is 5.32 Å². The van der Waals surface area contributed by atoms with Crippen LogP contribution in [0.25, 0.3) is 0 Å². The molecule has 2 heterocycles. The molecule has 1 N–H and O–H groups in total. The predicted molar refractivity (Wildman–Crippen MR) is 104 cm³/mol. The summed E-state index contributed by atoms with van der Waals surface area (Å²) in [5.41, 5.74) is 2.62. The molecule has 0 radical (unpaired) electrons. The third-order valence-corrected chi connectivity index (χ3v) is 5.96. The number of benzene rings is 1. The Morgan fingerprint density at radius 1 is 1.30 bits per heavy atom. The summed E-state index contributed by atoms with van der Waals surface area (Å²) >= 11 is 0. The fourth-order valence-electron chi connectivity index (χ4n) is 4.28. The number of nitrogens with zero attached hydrogens (tertiary/aromatic N) is 2. The van der Waals surface area contributed by atoms with Gasteiger partial charge in [0.2, 0.25) is 12.3 Å². The number of alkyl halides is 3. The molecule has 1 saturated heterocycles. The molecule has 0 aliphatic carbocycles. The highest BCUT2D eigenvalue weighted by Crippen LogP contribution is 2.33. The number of hydrogen-bond acceptors (Lipinski definition) is 4. The Bertz CT molecular complexity index is 804. The quantitative estimate of drug-likeness (QED) is 0.682. The zero-order valence-corrected chi connectivity index (χ0v) is 16.9. The van der Waals surface area contributed by atoms with Gasteiger partial charge in [-0.2, -0.15) is 13.2 Å². The molecule has 1 aromatic rings. The zero-order valence-electron chi connectivity index (χ0n) is 16.9. The number of carbonyl (C=O) groups excluding carboxylic acids is 3. The van der Waals surface area contributed by atoms with Gasteiger partial charge < -0.3 is 4.90 Å². The average Bonchev–Trinajstić information content (AvgIpc) is 3.02. The summed E-state index contributed by atoms with van der Waals surface area (Å²) in [6.45, 7) is 2.27. The maximum atomic E-state index is 12.7. The maximum Gasteiger partial charge on any atom is 0.401 e. The first-order valence-electron chi connectivity index (χ1n) is 10.1. The van der Waals surface area contributed by atoms with Crippen LogP contribution >= 0.6 is 0 Å². The number of carbonyl (C=O) groups is 3. The van der Waals surface area contributed by atoms with Gasteiger partial charge in [0.15, 0.2) is 0 Å². The van der Waals surface area contributed by atoms with Crippen LogP contribution in [0.1, 0.15) is 60.0 Å². The number of hydrogen-bond donors (Lipinski definition) is 1. The van der Waals surface area contributed by atoms with Crippen molar-refractivity contribution in [3.05, 3.63) is 34.9 Å². The van der Waals surface area contributed by atoms with E-state index in [2.05, 4.69) is 5.32 Å². The van der Waals surface area contributed by atoms with Crippen LogP contribution in [-0.2, 0) is 16.1 Å². The van der Waals surface area contributed by atoms with E-state index in [1.54, 1.807) is 11.0 Å². The Labute approximate surface area is 173 Å². The van der Waals surface area contributed by atoms with E-state index in [1.165, 1.54) is 4.90 Å². The van der Waals surface area contributed by atoms with Crippen LogP contribution in [0.2, 0.25) is 0 Å². The molecule has 6 nitrogen and oxygen atoms in total. The van der Waals surface area contributed by atoms with Crippen LogP contribution in [0.5, 0.6) is 0 Å². The summed E-state index contributed by atoms with van der Waals surface area (Å²) < 4.78 is 37.7. The standard InChI is InChI=1S/C21H26F3N3O3/c1-14(2-5-19(29)25-13-28)27-11-17-10-16(3-4-18(17)20(27)30)15-6-8-26(9-7-15)12-21(22,23)24/h3-4,10,13-15H,2,5-9,11-12H2,1H3,(H,25,28,29). The molecule has 1 aromatic carbocycles. The minimum atomic E-state index is -4.17. The van der Waals surface area contributed by atoms with Gasteiger partial charge in [-0.1, -0.05) is 12.1 Å². The molecule has 2 aliphatic heterocycles. The molecule has 1 atom stereocenters. The molecular formula is C21H26F3N3O3. The van der Waals surface area contributed by atoms with Crippen molar-refractivity contribution in [2.24, 2.45) is 0 Å². The number of nitrogens with one attached hydrogen (secondary N) is 1. The number of piperidine rings is 1. The molecule has 3 amide bonds. The van der Waals surface area contributed by atoms with Gasteiger partial charge in [0.05, 0.1) is 6.54 Å². The Hall–Kier alpha value is -2.42. The Kier molecular flexibility index (Phi) is 6.80. The minimum Gasteiger partial charge on any atom is -0.332 e. The molecule has 164 valence electrons. The van der Waals surface area contributed by atoms with Gasteiger partial charge in [-0.15, -0.1) is 0 Å². The zero-order chi connectivity index (χ0) is 21.9. The molecule has 3 rings (SSSR count). The van der Waals surface area contributed by atoms with E-state index in [1.807, 2.05) is 19.1 Å². The average molecular weight is 425 g/mol. The van der Waals surface area contributed by atoms with Gasteiger partial charge >= 0.3 is 6.18 Å². The summed E-state index contributed by atoms with van der Waals surface area (Å²) in [7, 11) is 0. The lowest BCUT2D eigenvalue weighted by Crippen LogP contribution is -2.39. The molecular weight excluding hydrogens is 399 g/mol. The Balaban J connectivity index is 1.59. The maximum absolute atomic E-state index is 12.7. The van der Waals surface area contributed by atoms with E-state index in [0.717, 1.165) is 11.1 Å². The first kappa shape index (κ1) is 22.3. The molecule has 30 heavy (non-hydrogen) atoms. The van der Waals surface area contributed by atoms with Gasteiger partial charge in [0.1, 0.15) is 0 Å². The summed E-state index contributed by atoms with van der Waals surface area (Å²) in [5, 5.41) is 2.09. The molecule has 0 aromatic heterocycles. The molecule has 2 aliphatic rings.